The van der Waals surface area contributed by atoms with E-state index in [1.165, 1.54) is 5.56 Å². The van der Waals surface area contributed by atoms with Crippen LogP contribution < -0.4 is 0 Å². The van der Waals surface area contributed by atoms with E-state index in [2.05, 4.69) is 22.0 Å². The predicted octanol–water partition coefficient (Wildman–Crippen LogP) is 3.71. The van der Waals surface area contributed by atoms with Crippen LogP contribution in [0.1, 0.15) is 17.0 Å². The van der Waals surface area contributed by atoms with Gasteiger partial charge in [0.15, 0.2) is 0 Å². The van der Waals surface area contributed by atoms with E-state index in [0.29, 0.717) is 19.0 Å². The number of hydrogen-bond acceptors (Lipinski definition) is 5. The van der Waals surface area contributed by atoms with Crippen LogP contribution in [-0.4, -0.2) is 28.1 Å². The molecule has 5 heteroatoms. The normalized spacial score (nSPS) is 11.3. The van der Waals surface area contributed by atoms with E-state index in [-0.39, 0.29) is 6.61 Å². The fourth-order valence-electron chi connectivity index (χ4n) is 2.49. The molecule has 0 spiro atoms. The minimum atomic E-state index is 0.126. The summed E-state index contributed by atoms with van der Waals surface area (Å²) in [4.78, 5) is 6.81. The second-order valence-corrected chi connectivity index (χ2v) is 6.23. The third-order valence-corrected chi connectivity index (χ3v) is 4.38. The summed E-state index contributed by atoms with van der Waals surface area (Å²) < 4.78 is 5.79. The first-order chi connectivity index (χ1) is 11.3. The van der Waals surface area contributed by atoms with Gasteiger partial charge in [0.2, 0.25) is 5.89 Å². The van der Waals surface area contributed by atoms with Crippen LogP contribution in [0, 0.1) is 6.92 Å². The Kier molecular flexibility index (Phi) is 5.23. The van der Waals surface area contributed by atoms with Crippen molar-refractivity contribution in [3.8, 4) is 11.5 Å². The van der Waals surface area contributed by atoms with Crippen molar-refractivity contribution in [1.29, 1.82) is 0 Å². The molecule has 1 aromatic carbocycles. The van der Waals surface area contributed by atoms with Crippen LogP contribution in [0.3, 0.4) is 0 Å². The molecule has 0 saturated heterocycles. The predicted molar refractivity (Wildman–Crippen MR) is 92.2 cm³/mol. The highest BCUT2D eigenvalue weighted by molar-refractivity contribution is 7.08. The van der Waals surface area contributed by atoms with Gasteiger partial charge in [-0.2, -0.15) is 11.3 Å². The standard InChI is InChI=1S/C18H20N2O2S/c1-14-17(19-18(22-14)16-7-10-23-13-16)12-20(8-9-21)11-15-5-3-2-4-6-15/h2-7,10,13,21H,8-9,11-12H2,1H3. The lowest BCUT2D eigenvalue weighted by molar-refractivity contribution is 0.182. The molecule has 0 aliphatic heterocycles. The van der Waals surface area contributed by atoms with Crippen LogP contribution >= 0.6 is 11.3 Å². The number of thiophene rings is 1. The summed E-state index contributed by atoms with van der Waals surface area (Å²) in [5, 5.41) is 13.4. The molecule has 0 saturated carbocycles. The fourth-order valence-corrected chi connectivity index (χ4v) is 3.12. The van der Waals surface area contributed by atoms with Gasteiger partial charge in [0.25, 0.3) is 0 Å². The molecule has 0 amide bonds. The minimum absolute atomic E-state index is 0.126. The molecule has 0 bridgehead atoms. The zero-order valence-corrected chi connectivity index (χ0v) is 13.9. The Balaban J connectivity index is 1.75. The molecule has 0 fully saturated rings. The van der Waals surface area contributed by atoms with E-state index in [1.54, 1.807) is 11.3 Å². The maximum Gasteiger partial charge on any atom is 0.227 e. The molecule has 2 heterocycles. The van der Waals surface area contributed by atoms with Crippen molar-refractivity contribution in [3.63, 3.8) is 0 Å². The number of nitrogens with zero attached hydrogens (tertiary/aromatic N) is 2. The molecule has 0 aliphatic rings. The fraction of sp³-hybridized carbons (Fsp3) is 0.278. The zero-order chi connectivity index (χ0) is 16.1. The summed E-state index contributed by atoms with van der Waals surface area (Å²) in [5.74, 6) is 1.50. The Labute approximate surface area is 140 Å². The molecule has 0 radical (unpaired) electrons. The first-order valence-corrected chi connectivity index (χ1v) is 8.56. The van der Waals surface area contributed by atoms with Crippen molar-refractivity contribution in [3.05, 3.63) is 64.2 Å². The molecule has 2 aromatic heterocycles. The summed E-state index contributed by atoms with van der Waals surface area (Å²) in [6.07, 6.45) is 0. The highest BCUT2D eigenvalue weighted by Gasteiger charge is 2.15. The van der Waals surface area contributed by atoms with Crippen LogP contribution in [0.2, 0.25) is 0 Å². The van der Waals surface area contributed by atoms with Crippen molar-refractivity contribution in [1.82, 2.24) is 9.88 Å². The number of aliphatic hydroxyl groups is 1. The number of aromatic nitrogens is 1. The van der Waals surface area contributed by atoms with Gasteiger partial charge in [0, 0.05) is 30.6 Å². The van der Waals surface area contributed by atoms with Crippen molar-refractivity contribution in [2.24, 2.45) is 0 Å². The molecule has 120 valence electrons. The highest BCUT2D eigenvalue weighted by atomic mass is 32.1. The maximum atomic E-state index is 9.33. The lowest BCUT2D eigenvalue weighted by Gasteiger charge is -2.20. The smallest absolute Gasteiger partial charge is 0.227 e. The number of rotatable bonds is 7. The largest absolute Gasteiger partial charge is 0.441 e. The van der Waals surface area contributed by atoms with Crippen LogP contribution in [0.5, 0.6) is 0 Å². The molecule has 23 heavy (non-hydrogen) atoms. The van der Waals surface area contributed by atoms with Gasteiger partial charge < -0.3 is 9.52 Å². The number of hydrogen-bond donors (Lipinski definition) is 1. The van der Waals surface area contributed by atoms with Gasteiger partial charge in [-0.25, -0.2) is 4.98 Å². The van der Waals surface area contributed by atoms with Crippen LogP contribution in [0.15, 0.2) is 51.6 Å². The molecule has 0 unspecified atom stereocenters. The first-order valence-electron chi connectivity index (χ1n) is 7.62. The van der Waals surface area contributed by atoms with E-state index in [9.17, 15) is 5.11 Å². The average molecular weight is 328 g/mol. The Bertz CT molecular complexity index is 723. The summed E-state index contributed by atoms with van der Waals surface area (Å²) in [6, 6.07) is 12.3. The lowest BCUT2D eigenvalue weighted by Crippen LogP contribution is -2.26. The van der Waals surface area contributed by atoms with E-state index in [4.69, 9.17) is 4.42 Å². The third-order valence-electron chi connectivity index (χ3n) is 3.70. The van der Waals surface area contributed by atoms with Crippen molar-refractivity contribution >= 4 is 11.3 Å². The van der Waals surface area contributed by atoms with Gasteiger partial charge in [-0.3, -0.25) is 4.90 Å². The molecule has 0 atom stereocenters. The van der Waals surface area contributed by atoms with Gasteiger partial charge in [-0.15, -0.1) is 0 Å². The van der Waals surface area contributed by atoms with E-state index >= 15 is 0 Å². The minimum Gasteiger partial charge on any atom is -0.441 e. The summed E-state index contributed by atoms with van der Waals surface area (Å²) in [7, 11) is 0. The summed E-state index contributed by atoms with van der Waals surface area (Å²) in [5.41, 5.74) is 3.16. The van der Waals surface area contributed by atoms with Crippen molar-refractivity contribution in [2.45, 2.75) is 20.0 Å². The van der Waals surface area contributed by atoms with E-state index in [0.717, 1.165) is 23.6 Å². The first kappa shape index (κ1) is 15.9. The molecule has 3 rings (SSSR count). The second kappa shape index (κ2) is 7.55. The molecule has 3 aromatic rings. The summed E-state index contributed by atoms with van der Waals surface area (Å²) >= 11 is 1.63. The molecule has 4 nitrogen and oxygen atoms in total. The number of benzene rings is 1. The van der Waals surface area contributed by atoms with Gasteiger partial charge in [-0.1, -0.05) is 30.3 Å². The Morgan fingerprint density at radius 1 is 1.17 bits per heavy atom. The van der Waals surface area contributed by atoms with Crippen molar-refractivity contribution in [2.75, 3.05) is 13.2 Å². The molecular weight excluding hydrogens is 308 g/mol. The number of aliphatic hydroxyl groups excluding tert-OH is 1. The van der Waals surface area contributed by atoms with Crippen LogP contribution in [0.4, 0.5) is 0 Å². The van der Waals surface area contributed by atoms with Crippen molar-refractivity contribution < 1.29 is 9.52 Å². The number of oxazole rings is 1. The Morgan fingerprint density at radius 2 is 2.00 bits per heavy atom. The Hall–Kier alpha value is -1.95. The topological polar surface area (TPSA) is 49.5 Å². The second-order valence-electron chi connectivity index (χ2n) is 5.45. The monoisotopic (exact) mass is 328 g/mol. The maximum absolute atomic E-state index is 9.33. The SMILES string of the molecule is Cc1oc(-c2ccsc2)nc1CN(CCO)Cc1ccccc1. The number of aryl methyl sites for hydroxylation is 1. The molecule has 0 aliphatic carbocycles. The molecule has 1 N–H and O–H groups in total. The van der Waals surface area contributed by atoms with E-state index < -0.39 is 0 Å². The summed E-state index contributed by atoms with van der Waals surface area (Å²) in [6.45, 7) is 4.12. The van der Waals surface area contributed by atoms with Gasteiger partial charge in [-0.05, 0) is 23.9 Å². The third kappa shape index (κ3) is 4.07. The van der Waals surface area contributed by atoms with Gasteiger partial charge in [0.05, 0.1) is 12.3 Å². The van der Waals surface area contributed by atoms with Gasteiger partial charge >= 0.3 is 0 Å². The Morgan fingerprint density at radius 3 is 2.70 bits per heavy atom. The molecular formula is C18H20N2O2S. The van der Waals surface area contributed by atoms with Crippen LogP contribution in [0.25, 0.3) is 11.5 Å². The lowest BCUT2D eigenvalue weighted by atomic mass is 10.2. The zero-order valence-electron chi connectivity index (χ0n) is 13.1. The van der Waals surface area contributed by atoms with E-state index in [1.807, 2.05) is 41.9 Å². The quantitative estimate of drug-likeness (QED) is 0.718. The average Bonchev–Trinajstić information content (AvgIpc) is 3.19. The van der Waals surface area contributed by atoms with Crippen LogP contribution in [-0.2, 0) is 13.1 Å². The van der Waals surface area contributed by atoms with Gasteiger partial charge in [0.1, 0.15) is 5.76 Å². The highest BCUT2D eigenvalue weighted by Crippen LogP contribution is 2.24.